The zero-order valence-electron chi connectivity index (χ0n) is 13.4. The molecule has 2 fully saturated rings. The van der Waals surface area contributed by atoms with Gasteiger partial charge in [-0.25, -0.2) is 0 Å². The molecular weight excluding hydrogens is 260 g/mol. The summed E-state index contributed by atoms with van der Waals surface area (Å²) in [5.41, 5.74) is 1.78. The predicted molar refractivity (Wildman–Crippen MR) is 86.8 cm³/mol. The molecule has 3 heteroatoms. The fourth-order valence-corrected chi connectivity index (χ4v) is 3.97. The van der Waals surface area contributed by atoms with Crippen LogP contribution in [-0.4, -0.2) is 37.2 Å². The molecular formula is C18H28N2O. The number of hydrogen-bond acceptors (Lipinski definition) is 3. The molecule has 116 valence electrons. The summed E-state index contributed by atoms with van der Waals surface area (Å²) < 4.78 is 5.27. The third-order valence-corrected chi connectivity index (χ3v) is 5.33. The van der Waals surface area contributed by atoms with Gasteiger partial charge in [-0.05, 0) is 50.4 Å². The maximum absolute atomic E-state index is 5.27. The van der Waals surface area contributed by atoms with E-state index in [1.165, 1.54) is 57.3 Å². The molecule has 2 aliphatic rings. The molecule has 0 radical (unpaired) electrons. The smallest absolute Gasteiger partial charge is 0.118 e. The number of rotatable bonds is 3. The van der Waals surface area contributed by atoms with Gasteiger partial charge in [0.2, 0.25) is 0 Å². The Kier molecular flexibility index (Phi) is 4.51. The zero-order valence-corrected chi connectivity index (χ0v) is 13.4. The minimum Gasteiger partial charge on any atom is -0.497 e. The lowest BCUT2D eigenvalue weighted by molar-refractivity contribution is 0.166. The molecule has 1 aromatic carbocycles. The van der Waals surface area contributed by atoms with E-state index in [1.807, 2.05) is 0 Å². The second-order valence-corrected chi connectivity index (χ2v) is 6.69. The molecule has 1 atom stereocenters. The lowest BCUT2D eigenvalue weighted by Gasteiger charge is -2.36. The van der Waals surface area contributed by atoms with E-state index in [0.717, 1.165) is 5.75 Å². The zero-order chi connectivity index (χ0) is 14.7. The van der Waals surface area contributed by atoms with Gasteiger partial charge in [0, 0.05) is 24.7 Å². The van der Waals surface area contributed by atoms with E-state index in [0.29, 0.717) is 11.6 Å². The maximum atomic E-state index is 5.27. The second-order valence-electron chi connectivity index (χ2n) is 6.69. The first-order valence-electron chi connectivity index (χ1n) is 8.35. The fourth-order valence-electron chi connectivity index (χ4n) is 3.97. The molecule has 1 aliphatic carbocycles. The van der Waals surface area contributed by atoms with Gasteiger partial charge in [0.15, 0.2) is 0 Å². The molecule has 1 aliphatic heterocycles. The van der Waals surface area contributed by atoms with E-state index < -0.39 is 0 Å². The molecule has 0 amide bonds. The summed E-state index contributed by atoms with van der Waals surface area (Å²) >= 11 is 0. The van der Waals surface area contributed by atoms with Crippen LogP contribution in [0.1, 0.15) is 50.6 Å². The van der Waals surface area contributed by atoms with Crippen LogP contribution >= 0.6 is 0 Å². The number of nitrogens with zero attached hydrogens (tertiary/aromatic N) is 1. The molecule has 1 N–H and O–H groups in total. The number of benzene rings is 1. The number of hydrogen-bond donors (Lipinski definition) is 1. The molecule has 1 heterocycles. The Morgan fingerprint density at radius 2 is 1.86 bits per heavy atom. The first-order valence-corrected chi connectivity index (χ1v) is 8.35. The van der Waals surface area contributed by atoms with Crippen molar-refractivity contribution in [3.05, 3.63) is 29.8 Å². The highest BCUT2D eigenvalue weighted by Crippen LogP contribution is 2.34. The van der Waals surface area contributed by atoms with Crippen LogP contribution < -0.4 is 10.1 Å². The van der Waals surface area contributed by atoms with Crippen LogP contribution in [0.5, 0.6) is 5.75 Å². The lowest BCUT2D eigenvalue weighted by atomic mass is 9.95. The Balaban J connectivity index is 1.73. The van der Waals surface area contributed by atoms with Gasteiger partial charge in [0.1, 0.15) is 5.75 Å². The van der Waals surface area contributed by atoms with Gasteiger partial charge < -0.3 is 10.1 Å². The van der Waals surface area contributed by atoms with Crippen molar-refractivity contribution in [2.45, 2.75) is 50.6 Å². The van der Waals surface area contributed by atoms with E-state index in [2.05, 4.69) is 41.4 Å². The minimum atomic E-state index is 0.386. The van der Waals surface area contributed by atoms with Gasteiger partial charge in [-0.1, -0.05) is 25.0 Å². The third-order valence-electron chi connectivity index (χ3n) is 5.33. The average Bonchev–Trinajstić information content (AvgIpc) is 2.87. The maximum Gasteiger partial charge on any atom is 0.118 e. The molecule has 1 unspecified atom stereocenters. The van der Waals surface area contributed by atoms with Crippen molar-refractivity contribution in [2.75, 3.05) is 26.7 Å². The average molecular weight is 288 g/mol. The van der Waals surface area contributed by atoms with E-state index >= 15 is 0 Å². The molecule has 1 aromatic rings. The van der Waals surface area contributed by atoms with Crippen LogP contribution in [0.3, 0.4) is 0 Å². The van der Waals surface area contributed by atoms with E-state index in [1.54, 1.807) is 7.11 Å². The van der Waals surface area contributed by atoms with Crippen LogP contribution in [0.4, 0.5) is 0 Å². The minimum absolute atomic E-state index is 0.386. The Morgan fingerprint density at radius 1 is 1.14 bits per heavy atom. The number of nitrogens with one attached hydrogen (secondary N) is 1. The standard InChI is InChI=1S/C18H28N2O/c1-15(16-6-8-17(21-2)9-7-16)20-13-5-12-19-18(14-20)10-3-4-11-18/h6-9,15,19H,3-5,10-14H2,1-2H3. The number of methoxy groups -OCH3 is 1. The molecule has 1 saturated heterocycles. The predicted octanol–water partition coefficient (Wildman–Crippen LogP) is 3.36. The van der Waals surface area contributed by atoms with Crippen molar-refractivity contribution in [1.29, 1.82) is 0 Å². The summed E-state index contributed by atoms with van der Waals surface area (Å²) in [6, 6.07) is 9.06. The van der Waals surface area contributed by atoms with E-state index in [4.69, 9.17) is 4.74 Å². The summed E-state index contributed by atoms with van der Waals surface area (Å²) in [4.78, 5) is 2.67. The summed E-state index contributed by atoms with van der Waals surface area (Å²) in [5.74, 6) is 0.941. The summed E-state index contributed by atoms with van der Waals surface area (Å²) in [6.45, 7) is 5.91. The lowest BCUT2D eigenvalue weighted by Crippen LogP contribution is -2.49. The van der Waals surface area contributed by atoms with Gasteiger partial charge in [-0.15, -0.1) is 0 Å². The van der Waals surface area contributed by atoms with Crippen LogP contribution in [0, 0.1) is 0 Å². The Morgan fingerprint density at radius 3 is 2.52 bits per heavy atom. The normalized spacial score (nSPS) is 23.9. The molecule has 21 heavy (non-hydrogen) atoms. The van der Waals surface area contributed by atoms with Gasteiger partial charge in [-0.3, -0.25) is 4.90 Å². The molecule has 1 spiro atoms. The highest BCUT2D eigenvalue weighted by Gasteiger charge is 2.37. The fraction of sp³-hybridized carbons (Fsp3) is 0.667. The van der Waals surface area contributed by atoms with Crippen LogP contribution in [-0.2, 0) is 0 Å². The third kappa shape index (κ3) is 3.24. The van der Waals surface area contributed by atoms with Crippen molar-refractivity contribution < 1.29 is 4.74 Å². The van der Waals surface area contributed by atoms with Crippen molar-refractivity contribution in [2.24, 2.45) is 0 Å². The van der Waals surface area contributed by atoms with Gasteiger partial charge >= 0.3 is 0 Å². The topological polar surface area (TPSA) is 24.5 Å². The second kappa shape index (κ2) is 6.37. The van der Waals surface area contributed by atoms with Gasteiger partial charge in [0.05, 0.1) is 7.11 Å². The molecule has 3 nitrogen and oxygen atoms in total. The largest absolute Gasteiger partial charge is 0.497 e. The van der Waals surface area contributed by atoms with Crippen molar-refractivity contribution in [3.63, 3.8) is 0 Å². The van der Waals surface area contributed by atoms with Crippen molar-refractivity contribution in [3.8, 4) is 5.75 Å². The molecule has 3 rings (SSSR count). The molecule has 1 saturated carbocycles. The first-order chi connectivity index (χ1) is 10.2. The van der Waals surface area contributed by atoms with E-state index in [9.17, 15) is 0 Å². The molecule has 0 bridgehead atoms. The van der Waals surface area contributed by atoms with Crippen molar-refractivity contribution >= 4 is 0 Å². The highest BCUT2D eigenvalue weighted by molar-refractivity contribution is 5.29. The Labute approximate surface area is 128 Å². The summed E-state index contributed by atoms with van der Waals surface area (Å²) in [5, 5.41) is 3.85. The van der Waals surface area contributed by atoms with Crippen LogP contribution in [0.15, 0.2) is 24.3 Å². The van der Waals surface area contributed by atoms with Crippen LogP contribution in [0.25, 0.3) is 0 Å². The monoisotopic (exact) mass is 288 g/mol. The first kappa shape index (κ1) is 14.9. The van der Waals surface area contributed by atoms with Gasteiger partial charge in [-0.2, -0.15) is 0 Å². The summed E-state index contributed by atoms with van der Waals surface area (Å²) in [7, 11) is 1.72. The number of ether oxygens (including phenoxy) is 1. The van der Waals surface area contributed by atoms with Gasteiger partial charge in [0.25, 0.3) is 0 Å². The van der Waals surface area contributed by atoms with E-state index in [-0.39, 0.29) is 0 Å². The SMILES string of the molecule is COc1ccc(C(C)N2CCCNC3(CCCC3)C2)cc1. The highest BCUT2D eigenvalue weighted by atomic mass is 16.5. The Bertz CT molecular complexity index is 451. The summed E-state index contributed by atoms with van der Waals surface area (Å²) in [6.07, 6.45) is 6.72. The Hall–Kier alpha value is -1.06. The molecule has 0 aromatic heterocycles. The van der Waals surface area contributed by atoms with Crippen LogP contribution in [0.2, 0.25) is 0 Å². The quantitative estimate of drug-likeness (QED) is 0.923. The van der Waals surface area contributed by atoms with Crippen molar-refractivity contribution in [1.82, 2.24) is 10.2 Å².